The van der Waals surface area contributed by atoms with Crippen LogP contribution in [0.15, 0.2) is 42.5 Å². The molecule has 0 spiro atoms. The molecule has 0 radical (unpaired) electrons. The number of aromatic hydroxyl groups is 1. The van der Waals surface area contributed by atoms with Crippen molar-refractivity contribution in [3.63, 3.8) is 0 Å². The largest absolute Gasteiger partial charge is 0.508 e. The highest BCUT2D eigenvalue weighted by atomic mass is 16.3. The van der Waals surface area contributed by atoms with Crippen molar-refractivity contribution in [3.05, 3.63) is 64.7 Å². The molecule has 2 atom stereocenters. The van der Waals surface area contributed by atoms with Gasteiger partial charge in [-0.1, -0.05) is 35.9 Å². The fourth-order valence-electron chi connectivity index (χ4n) is 2.55. The number of hydrogen-bond donors (Lipinski definition) is 2. The maximum Gasteiger partial charge on any atom is 0.115 e. The average molecular weight is 269 g/mol. The van der Waals surface area contributed by atoms with Crippen LogP contribution in [0.2, 0.25) is 0 Å². The maximum atomic E-state index is 9.34. The van der Waals surface area contributed by atoms with Gasteiger partial charge in [0.1, 0.15) is 5.75 Å². The van der Waals surface area contributed by atoms with Crippen LogP contribution in [0.1, 0.15) is 48.2 Å². The van der Waals surface area contributed by atoms with Gasteiger partial charge in [-0.15, -0.1) is 0 Å². The Balaban J connectivity index is 2.12. The molecule has 106 valence electrons. The second-order valence-corrected chi connectivity index (χ2v) is 5.56. The van der Waals surface area contributed by atoms with Gasteiger partial charge in [-0.25, -0.2) is 0 Å². The number of hydrogen-bond acceptors (Lipinski definition) is 2. The van der Waals surface area contributed by atoms with Gasteiger partial charge in [0.15, 0.2) is 0 Å². The zero-order valence-electron chi connectivity index (χ0n) is 12.6. The Kier molecular flexibility index (Phi) is 4.46. The molecule has 2 nitrogen and oxygen atoms in total. The van der Waals surface area contributed by atoms with Crippen LogP contribution in [0.5, 0.6) is 5.75 Å². The minimum atomic E-state index is 0.241. The number of rotatable bonds is 4. The van der Waals surface area contributed by atoms with Gasteiger partial charge < -0.3 is 10.4 Å². The van der Waals surface area contributed by atoms with Gasteiger partial charge in [-0.05, 0) is 56.5 Å². The van der Waals surface area contributed by atoms with Gasteiger partial charge in [0.05, 0.1) is 0 Å². The van der Waals surface area contributed by atoms with Crippen molar-refractivity contribution in [1.82, 2.24) is 5.32 Å². The van der Waals surface area contributed by atoms with E-state index >= 15 is 0 Å². The number of nitrogens with one attached hydrogen (secondary N) is 1. The minimum absolute atomic E-state index is 0.241. The van der Waals surface area contributed by atoms with Crippen LogP contribution in [-0.4, -0.2) is 5.11 Å². The second-order valence-electron chi connectivity index (χ2n) is 5.56. The monoisotopic (exact) mass is 269 g/mol. The lowest BCUT2D eigenvalue weighted by atomic mass is 9.98. The van der Waals surface area contributed by atoms with E-state index in [-0.39, 0.29) is 6.04 Å². The molecule has 2 aromatic rings. The van der Waals surface area contributed by atoms with Crippen LogP contribution in [0, 0.1) is 13.8 Å². The van der Waals surface area contributed by atoms with Crippen LogP contribution in [0.25, 0.3) is 0 Å². The first-order valence-electron chi connectivity index (χ1n) is 7.09. The third-order valence-electron chi connectivity index (χ3n) is 3.79. The quantitative estimate of drug-likeness (QED) is 0.861. The summed E-state index contributed by atoms with van der Waals surface area (Å²) in [5.74, 6) is 0.309. The first kappa shape index (κ1) is 14.6. The highest BCUT2D eigenvalue weighted by molar-refractivity contribution is 5.33. The molecule has 0 aliphatic heterocycles. The van der Waals surface area contributed by atoms with Gasteiger partial charge in [0, 0.05) is 12.1 Å². The van der Waals surface area contributed by atoms with Gasteiger partial charge in [0.25, 0.3) is 0 Å². The predicted molar refractivity (Wildman–Crippen MR) is 84.0 cm³/mol. The molecule has 2 aromatic carbocycles. The zero-order valence-corrected chi connectivity index (χ0v) is 12.6. The van der Waals surface area contributed by atoms with Gasteiger partial charge in [-0.2, -0.15) is 0 Å². The van der Waals surface area contributed by atoms with Crippen molar-refractivity contribution in [3.8, 4) is 5.75 Å². The molecule has 0 fully saturated rings. The van der Waals surface area contributed by atoms with Gasteiger partial charge in [-0.3, -0.25) is 0 Å². The van der Waals surface area contributed by atoms with Crippen molar-refractivity contribution in [2.75, 3.05) is 0 Å². The van der Waals surface area contributed by atoms with Crippen LogP contribution in [0.4, 0.5) is 0 Å². The smallest absolute Gasteiger partial charge is 0.115 e. The van der Waals surface area contributed by atoms with Gasteiger partial charge in [0.2, 0.25) is 0 Å². The van der Waals surface area contributed by atoms with Crippen molar-refractivity contribution in [1.29, 1.82) is 0 Å². The summed E-state index contributed by atoms with van der Waals surface area (Å²) >= 11 is 0. The Hall–Kier alpha value is -1.80. The zero-order chi connectivity index (χ0) is 14.7. The van der Waals surface area contributed by atoms with Crippen molar-refractivity contribution < 1.29 is 5.11 Å². The van der Waals surface area contributed by atoms with E-state index in [0.29, 0.717) is 11.8 Å². The molecular weight excluding hydrogens is 246 g/mol. The summed E-state index contributed by atoms with van der Waals surface area (Å²) in [6, 6.07) is 14.5. The van der Waals surface area contributed by atoms with E-state index in [9.17, 15) is 5.11 Å². The molecule has 0 aromatic heterocycles. The number of benzene rings is 2. The molecule has 2 unspecified atom stereocenters. The minimum Gasteiger partial charge on any atom is -0.508 e. The highest BCUT2D eigenvalue weighted by Gasteiger charge is 2.13. The normalized spacial score (nSPS) is 14.0. The second kappa shape index (κ2) is 6.10. The van der Waals surface area contributed by atoms with E-state index in [2.05, 4.69) is 51.2 Å². The van der Waals surface area contributed by atoms with E-state index in [0.717, 1.165) is 0 Å². The third-order valence-corrected chi connectivity index (χ3v) is 3.79. The Morgan fingerprint density at radius 3 is 2.20 bits per heavy atom. The summed E-state index contributed by atoms with van der Waals surface area (Å²) in [7, 11) is 0. The Morgan fingerprint density at radius 1 is 0.900 bits per heavy atom. The Bertz CT molecular complexity index is 574. The molecule has 0 bridgehead atoms. The highest BCUT2D eigenvalue weighted by Crippen LogP contribution is 2.23. The number of aryl methyl sites for hydroxylation is 2. The SMILES string of the molecule is Cc1ccc(C)c(C(C)NC(C)c2ccc(O)cc2)c1. The molecule has 0 aliphatic carbocycles. The topological polar surface area (TPSA) is 32.3 Å². The fourth-order valence-corrected chi connectivity index (χ4v) is 2.55. The first-order valence-corrected chi connectivity index (χ1v) is 7.09. The molecule has 2 heteroatoms. The first-order chi connectivity index (χ1) is 9.47. The molecule has 2 N–H and O–H groups in total. The van der Waals surface area contributed by atoms with Crippen molar-refractivity contribution >= 4 is 0 Å². The van der Waals surface area contributed by atoms with Crippen molar-refractivity contribution in [2.24, 2.45) is 0 Å². The fraction of sp³-hybridized carbons (Fsp3) is 0.333. The lowest BCUT2D eigenvalue weighted by molar-refractivity contribution is 0.472. The van der Waals surface area contributed by atoms with E-state index < -0.39 is 0 Å². The molecule has 20 heavy (non-hydrogen) atoms. The van der Waals surface area contributed by atoms with E-state index in [1.165, 1.54) is 22.3 Å². The van der Waals surface area contributed by atoms with Crippen molar-refractivity contribution in [2.45, 2.75) is 39.8 Å². The maximum absolute atomic E-state index is 9.34. The molecule has 2 rings (SSSR count). The number of phenolic OH excluding ortho intramolecular Hbond substituents is 1. The van der Waals surface area contributed by atoms with E-state index in [1.807, 2.05) is 12.1 Å². The summed E-state index contributed by atoms with van der Waals surface area (Å²) in [4.78, 5) is 0. The Labute approximate surface area is 121 Å². The standard InChI is InChI=1S/C18H23NO/c1-12-5-6-13(2)18(11-12)15(4)19-14(3)16-7-9-17(20)10-8-16/h5-11,14-15,19-20H,1-4H3. The molecule has 0 amide bonds. The summed E-state index contributed by atoms with van der Waals surface area (Å²) < 4.78 is 0. The van der Waals surface area contributed by atoms with Crippen LogP contribution >= 0.6 is 0 Å². The summed E-state index contributed by atoms with van der Waals surface area (Å²) in [5, 5.41) is 13.0. The molecule has 0 saturated carbocycles. The predicted octanol–water partition coefficient (Wildman–Crippen LogP) is 4.42. The Morgan fingerprint density at radius 2 is 1.55 bits per heavy atom. The molecular formula is C18H23NO. The van der Waals surface area contributed by atoms with E-state index in [4.69, 9.17) is 0 Å². The van der Waals surface area contributed by atoms with Crippen LogP contribution in [0.3, 0.4) is 0 Å². The summed E-state index contributed by atoms with van der Waals surface area (Å²) in [5.41, 5.74) is 5.13. The molecule has 0 saturated heterocycles. The average Bonchev–Trinajstić information content (AvgIpc) is 2.42. The molecule has 0 aliphatic rings. The van der Waals surface area contributed by atoms with Crippen LogP contribution < -0.4 is 5.32 Å². The summed E-state index contributed by atoms with van der Waals surface area (Å²) in [6.07, 6.45) is 0. The van der Waals surface area contributed by atoms with E-state index in [1.54, 1.807) is 12.1 Å². The lowest BCUT2D eigenvalue weighted by Crippen LogP contribution is -2.23. The van der Waals surface area contributed by atoms with Crippen LogP contribution in [-0.2, 0) is 0 Å². The van der Waals surface area contributed by atoms with Gasteiger partial charge >= 0.3 is 0 Å². The third kappa shape index (κ3) is 3.40. The lowest BCUT2D eigenvalue weighted by Gasteiger charge is -2.22. The summed E-state index contributed by atoms with van der Waals surface area (Å²) in [6.45, 7) is 8.62. The number of phenols is 1. The molecule has 0 heterocycles.